The fourth-order valence-corrected chi connectivity index (χ4v) is 5.32. The number of benzene rings is 4. The maximum atomic E-state index is 13.4. The van der Waals surface area contributed by atoms with E-state index in [4.69, 9.17) is 26.1 Å². The van der Waals surface area contributed by atoms with E-state index in [1.807, 2.05) is 97.9 Å². The van der Waals surface area contributed by atoms with Crippen molar-refractivity contribution in [2.75, 3.05) is 13.7 Å². The fourth-order valence-electron chi connectivity index (χ4n) is 4.09. The van der Waals surface area contributed by atoms with E-state index in [1.165, 1.54) is 11.8 Å². The summed E-state index contributed by atoms with van der Waals surface area (Å²) in [4.78, 5) is 20.4. The van der Waals surface area contributed by atoms with Crippen LogP contribution in [0.4, 0.5) is 5.69 Å². The van der Waals surface area contributed by atoms with E-state index < -0.39 is 0 Å². The van der Waals surface area contributed by atoms with E-state index in [1.54, 1.807) is 12.0 Å². The number of carbonyl (C=O) groups is 1. The highest BCUT2D eigenvalue weighted by atomic mass is 35.5. The second-order valence-corrected chi connectivity index (χ2v) is 9.75. The zero-order valence-electron chi connectivity index (χ0n) is 20.5. The normalized spacial score (nSPS) is 15.6. The number of rotatable bonds is 7. The average molecular weight is 529 g/mol. The lowest BCUT2D eigenvalue weighted by Crippen LogP contribution is -2.28. The summed E-state index contributed by atoms with van der Waals surface area (Å²) in [5, 5.41) is 3.36. The van der Waals surface area contributed by atoms with Gasteiger partial charge in [0.15, 0.2) is 5.17 Å². The molecule has 5 rings (SSSR count). The van der Waals surface area contributed by atoms with Gasteiger partial charge in [-0.2, -0.15) is 0 Å². The molecule has 0 unspecified atom stereocenters. The van der Waals surface area contributed by atoms with Crippen molar-refractivity contribution in [2.45, 2.75) is 13.5 Å². The van der Waals surface area contributed by atoms with Crippen LogP contribution in [0.1, 0.15) is 18.1 Å². The minimum atomic E-state index is -0.0789. The van der Waals surface area contributed by atoms with Gasteiger partial charge in [0.05, 0.1) is 17.7 Å². The molecule has 1 fully saturated rings. The van der Waals surface area contributed by atoms with E-state index in [9.17, 15) is 4.79 Å². The molecule has 0 radical (unpaired) electrons. The SMILES string of the molecule is CCN1C(=O)/C(=C\c2c(OCc3ccccc3Cl)ccc3ccccc23)SC1=Nc1ccc(OC)cc1. The van der Waals surface area contributed by atoms with Crippen molar-refractivity contribution in [1.29, 1.82) is 0 Å². The fraction of sp³-hybridized carbons (Fsp3) is 0.133. The van der Waals surface area contributed by atoms with Crippen LogP contribution in [0.25, 0.3) is 16.8 Å². The van der Waals surface area contributed by atoms with Crippen LogP contribution in [0, 0.1) is 0 Å². The molecule has 7 heteroatoms. The molecule has 0 aliphatic carbocycles. The Hall–Kier alpha value is -3.74. The molecule has 1 aliphatic heterocycles. The first-order valence-electron chi connectivity index (χ1n) is 11.9. The Balaban J connectivity index is 1.52. The Morgan fingerprint density at radius 1 is 0.973 bits per heavy atom. The molecule has 0 saturated carbocycles. The summed E-state index contributed by atoms with van der Waals surface area (Å²) in [5.74, 6) is 1.36. The van der Waals surface area contributed by atoms with E-state index in [0.29, 0.717) is 34.0 Å². The molecule has 1 heterocycles. The topological polar surface area (TPSA) is 51.1 Å². The molecule has 5 nitrogen and oxygen atoms in total. The van der Waals surface area contributed by atoms with Gasteiger partial charge in [-0.1, -0.05) is 60.1 Å². The smallest absolute Gasteiger partial charge is 0.266 e. The Kier molecular flexibility index (Phi) is 7.49. The van der Waals surface area contributed by atoms with E-state index >= 15 is 0 Å². The highest BCUT2D eigenvalue weighted by Gasteiger charge is 2.32. The summed E-state index contributed by atoms with van der Waals surface area (Å²) >= 11 is 7.71. The van der Waals surface area contributed by atoms with Gasteiger partial charge in [0.2, 0.25) is 0 Å². The number of hydrogen-bond donors (Lipinski definition) is 0. The zero-order chi connectivity index (χ0) is 25.8. The number of ether oxygens (including phenoxy) is 2. The standard InChI is InChI=1S/C30H25ClN2O3S/c1-3-33-29(34)28(37-30(33)32-22-13-15-23(35-2)16-14-22)18-25-24-10-6-4-8-20(24)12-17-27(25)36-19-21-9-5-7-11-26(21)31/h4-18H,3,19H2,1-2H3/b28-18+,32-30?. The number of aliphatic imine (C=N–C) groups is 1. The minimum Gasteiger partial charge on any atom is -0.497 e. The highest BCUT2D eigenvalue weighted by molar-refractivity contribution is 8.18. The lowest BCUT2D eigenvalue weighted by atomic mass is 10.0. The molecule has 0 N–H and O–H groups in total. The highest BCUT2D eigenvalue weighted by Crippen LogP contribution is 2.38. The Labute approximate surface area is 225 Å². The van der Waals surface area contributed by atoms with Crippen molar-refractivity contribution in [3.8, 4) is 11.5 Å². The van der Waals surface area contributed by atoms with Crippen LogP contribution in [-0.4, -0.2) is 29.6 Å². The lowest BCUT2D eigenvalue weighted by Gasteiger charge is -2.14. The number of thioether (sulfide) groups is 1. The molecular formula is C30H25ClN2O3S. The van der Waals surface area contributed by atoms with Gasteiger partial charge in [-0.15, -0.1) is 0 Å². The van der Waals surface area contributed by atoms with Crippen LogP contribution in [0.5, 0.6) is 11.5 Å². The third-order valence-corrected chi connectivity index (χ3v) is 7.42. The number of amides is 1. The minimum absolute atomic E-state index is 0.0789. The predicted molar refractivity (Wildman–Crippen MR) is 153 cm³/mol. The van der Waals surface area contributed by atoms with E-state index in [0.717, 1.165) is 33.3 Å². The Bertz CT molecular complexity index is 1520. The van der Waals surface area contributed by atoms with Crippen LogP contribution in [0.3, 0.4) is 0 Å². The quantitative estimate of drug-likeness (QED) is 0.230. The maximum Gasteiger partial charge on any atom is 0.266 e. The molecule has 1 amide bonds. The van der Waals surface area contributed by atoms with Crippen molar-refractivity contribution in [3.63, 3.8) is 0 Å². The van der Waals surface area contributed by atoms with Gasteiger partial charge >= 0.3 is 0 Å². The van der Waals surface area contributed by atoms with Crippen molar-refractivity contribution < 1.29 is 14.3 Å². The van der Waals surface area contributed by atoms with Gasteiger partial charge < -0.3 is 9.47 Å². The summed E-state index contributed by atoms with van der Waals surface area (Å²) in [6.07, 6.45) is 1.91. The van der Waals surface area contributed by atoms with E-state index in [-0.39, 0.29) is 5.91 Å². The summed E-state index contributed by atoms with van der Waals surface area (Å²) in [6.45, 7) is 2.78. The van der Waals surface area contributed by atoms with Crippen molar-refractivity contribution in [2.24, 2.45) is 4.99 Å². The number of amidine groups is 1. The van der Waals surface area contributed by atoms with Crippen molar-refractivity contribution in [1.82, 2.24) is 4.90 Å². The molecule has 1 saturated heterocycles. The second-order valence-electron chi connectivity index (χ2n) is 8.33. The first-order valence-corrected chi connectivity index (χ1v) is 13.1. The number of nitrogens with zero attached hydrogens (tertiary/aromatic N) is 2. The van der Waals surface area contributed by atoms with Gasteiger partial charge in [-0.25, -0.2) is 4.99 Å². The summed E-state index contributed by atoms with van der Waals surface area (Å²) in [6, 6.07) is 27.1. The van der Waals surface area contributed by atoms with E-state index in [2.05, 4.69) is 0 Å². The lowest BCUT2D eigenvalue weighted by molar-refractivity contribution is -0.122. The van der Waals surface area contributed by atoms with Crippen LogP contribution < -0.4 is 9.47 Å². The number of hydrogen-bond acceptors (Lipinski definition) is 5. The van der Waals surface area contributed by atoms with Crippen molar-refractivity contribution >= 4 is 57.0 Å². The number of fused-ring (bicyclic) bond motifs is 1. The summed E-state index contributed by atoms with van der Waals surface area (Å²) < 4.78 is 11.5. The van der Waals surface area contributed by atoms with Gasteiger partial charge in [0.1, 0.15) is 18.1 Å². The monoisotopic (exact) mass is 528 g/mol. The maximum absolute atomic E-state index is 13.4. The largest absolute Gasteiger partial charge is 0.497 e. The van der Waals surface area contributed by atoms with Crippen LogP contribution in [0.2, 0.25) is 5.02 Å². The van der Waals surface area contributed by atoms with Crippen molar-refractivity contribution in [3.05, 3.63) is 106 Å². The van der Waals surface area contributed by atoms with Gasteiger partial charge in [-0.3, -0.25) is 9.69 Å². The molecule has 4 aromatic carbocycles. The Morgan fingerprint density at radius 3 is 2.49 bits per heavy atom. The molecule has 0 spiro atoms. The third-order valence-electron chi connectivity index (χ3n) is 6.05. The molecule has 1 aliphatic rings. The Morgan fingerprint density at radius 2 is 1.73 bits per heavy atom. The summed E-state index contributed by atoms with van der Waals surface area (Å²) in [7, 11) is 1.63. The number of carbonyl (C=O) groups excluding carboxylic acids is 1. The molecule has 0 atom stereocenters. The molecule has 37 heavy (non-hydrogen) atoms. The first kappa shape index (κ1) is 24.9. The van der Waals surface area contributed by atoms with Crippen LogP contribution >= 0.6 is 23.4 Å². The number of likely N-dealkylation sites (N-methyl/N-ethyl adjacent to an activating group) is 1. The third kappa shape index (κ3) is 5.36. The predicted octanol–water partition coefficient (Wildman–Crippen LogP) is 7.70. The average Bonchev–Trinajstić information content (AvgIpc) is 3.22. The molecule has 0 bridgehead atoms. The molecule has 4 aromatic rings. The number of halogens is 1. The number of methoxy groups -OCH3 is 1. The van der Waals surface area contributed by atoms with Gasteiger partial charge in [0, 0.05) is 22.7 Å². The summed E-state index contributed by atoms with van der Waals surface area (Å²) in [5.41, 5.74) is 2.50. The molecule has 186 valence electrons. The second kappa shape index (κ2) is 11.1. The van der Waals surface area contributed by atoms with Crippen LogP contribution in [0.15, 0.2) is 94.8 Å². The van der Waals surface area contributed by atoms with Gasteiger partial charge in [0.25, 0.3) is 5.91 Å². The zero-order valence-corrected chi connectivity index (χ0v) is 22.1. The van der Waals surface area contributed by atoms with Gasteiger partial charge in [-0.05, 0) is 71.9 Å². The first-order chi connectivity index (χ1) is 18.1. The molecular weight excluding hydrogens is 504 g/mol. The molecule has 0 aromatic heterocycles. The van der Waals surface area contributed by atoms with Crippen LogP contribution in [-0.2, 0) is 11.4 Å².